The monoisotopic (exact) mass is 279 g/mol. The van der Waals surface area contributed by atoms with E-state index in [0.29, 0.717) is 11.5 Å². The van der Waals surface area contributed by atoms with Crippen LogP contribution in [0.2, 0.25) is 0 Å². The average molecular weight is 279 g/mol. The van der Waals surface area contributed by atoms with E-state index in [4.69, 9.17) is 4.74 Å². The molecule has 0 spiro atoms. The number of aromatic nitrogens is 1. The number of pyridine rings is 1. The van der Waals surface area contributed by atoms with E-state index >= 15 is 0 Å². The van der Waals surface area contributed by atoms with Crippen LogP contribution < -0.4 is 4.74 Å². The van der Waals surface area contributed by atoms with Crippen LogP contribution in [0.3, 0.4) is 0 Å². The van der Waals surface area contributed by atoms with Gasteiger partial charge in [0.05, 0.1) is 5.52 Å². The number of carboxylic acids is 1. The molecule has 2 aromatic carbocycles. The van der Waals surface area contributed by atoms with E-state index < -0.39 is 5.97 Å². The number of benzene rings is 2. The third kappa shape index (κ3) is 2.43. The Morgan fingerprint density at radius 3 is 2.71 bits per heavy atom. The lowest BCUT2D eigenvalue weighted by Crippen LogP contribution is -2.01. The number of carbonyl (C=O) groups is 1. The SMILES string of the molecule is Cc1cccc(C(=O)O)c1Oc1ccnc2ccccc12. The molecule has 0 bridgehead atoms. The molecule has 0 saturated carbocycles. The van der Waals surface area contributed by atoms with Crippen molar-refractivity contribution < 1.29 is 14.6 Å². The van der Waals surface area contributed by atoms with E-state index in [-0.39, 0.29) is 5.56 Å². The van der Waals surface area contributed by atoms with E-state index in [1.54, 1.807) is 18.3 Å². The van der Waals surface area contributed by atoms with Crippen LogP contribution in [0, 0.1) is 6.92 Å². The molecule has 0 saturated heterocycles. The predicted octanol–water partition coefficient (Wildman–Crippen LogP) is 4.03. The van der Waals surface area contributed by atoms with Crippen LogP contribution in [-0.2, 0) is 0 Å². The van der Waals surface area contributed by atoms with E-state index in [9.17, 15) is 9.90 Å². The van der Waals surface area contributed by atoms with Crippen molar-refractivity contribution in [1.29, 1.82) is 0 Å². The number of aryl methyl sites for hydroxylation is 1. The number of hydrogen-bond acceptors (Lipinski definition) is 3. The zero-order chi connectivity index (χ0) is 14.8. The predicted molar refractivity (Wildman–Crippen MR) is 80.0 cm³/mol. The van der Waals surface area contributed by atoms with Gasteiger partial charge in [0.1, 0.15) is 17.1 Å². The summed E-state index contributed by atoms with van der Waals surface area (Å²) in [7, 11) is 0. The first kappa shape index (κ1) is 13.1. The van der Waals surface area contributed by atoms with Crippen molar-refractivity contribution in [2.45, 2.75) is 6.92 Å². The number of aromatic carboxylic acids is 1. The van der Waals surface area contributed by atoms with Crippen LogP contribution in [-0.4, -0.2) is 16.1 Å². The number of rotatable bonds is 3. The highest BCUT2D eigenvalue weighted by Gasteiger charge is 2.15. The second-order valence-corrected chi connectivity index (χ2v) is 4.69. The molecule has 4 nitrogen and oxygen atoms in total. The van der Waals surface area contributed by atoms with Crippen molar-refractivity contribution in [3.63, 3.8) is 0 Å². The van der Waals surface area contributed by atoms with Crippen molar-refractivity contribution in [2.75, 3.05) is 0 Å². The molecule has 0 aliphatic heterocycles. The summed E-state index contributed by atoms with van der Waals surface area (Å²) < 4.78 is 5.89. The molecule has 0 aliphatic carbocycles. The minimum atomic E-state index is -1.01. The Kier molecular flexibility index (Phi) is 3.28. The second kappa shape index (κ2) is 5.25. The highest BCUT2D eigenvalue weighted by Crippen LogP contribution is 2.32. The number of hydrogen-bond donors (Lipinski definition) is 1. The summed E-state index contributed by atoms with van der Waals surface area (Å²) in [5.41, 5.74) is 1.73. The lowest BCUT2D eigenvalue weighted by atomic mass is 10.1. The molecule has 1 heterocycles. The largest absolute Gasteiger partial charge is 0.478 e. The van der Waals surface area contributed by atoms with Gasteiger partial charge >= 0.3 is 5.97 Å². The molecule has 104 valence electrons. The Balaban J connectivity index is 2.13. The van der Waals surface area contributed by atoms with Gasteiger partial charge in [-0.3, -0.25) is 4.98 Å². The molecule has 0 aliphatic rings. The molecule has 0 atom stereocenters. The Morgan fingerprint density at radius 1 is 1.10 bits per heavy atom. The quantitative estimate of drug-likeness (QED) is 0.786. The first-order chi connectivity index (χ1) is 10.2. The third-order valence-corrected chi connectivity index (χ3v) is 3.26. The van der Waals surface area contributed by atoms with Crippen LogP contribution in [0.1, 0.15) is 15.9 Å². The molecule has 0 fully saturated rings. The normalized spacial score (nSPS) is 10.5. The van der Waals surface area contributed by atoms with Gasteiger partial charge in [-0.15, -0.1) is 0 Å². The van der Waals surface area contributed by atoms with Crippen LogP contribution >= 0.6 is 0 Å². The average Bonchev–Trinajstić information content (AvgIpc) is 2.49. The Hall–Kier alpha value is -2.88. The van der Waals surface area contributed by atoms with E-state index in [1.165, 1.54) is 6.07 Å². The number of ether oxygens (including phenoxy) is 1. The first-order valence-corrected chi connectivity index (χ1v) is 6.51. The lowest BCUT2D eigenvalue weighted by Gasteiger charge is -2.13. The van der Waals surface area contributed by atoms with Gasteiger partial charge in [-0.2, -0.15) is 0 Å². The number of nitrogens with zero attached hydrogens (tertiary/aromatic N) is 1. The topological polar surface area (TPSA) is 59.4 Å². The van der Waals surface area contributed by atoms with Gasteiger partial charge < -0.3 is 9.84 Å². The van der Waals surface area contributed by atoms with Crippen LogP contribution in [0.15, 0.2) is 54.7 Å². The summed E-state index contributed by atoms with van der Waals surface area (Å²) in [6.07, 6.45) is 1.65. The molecule has 21 heavy (non-hydrogen) atoms. The van der Waals surface area contributed by atoms with Crippen molar-refractivity contribution in [2.24, 2.45) is 0 Å². The molecular formula is C17H13NO3. The Bertz CT molecular complexity index is 822. The van der Waals surface area contributed by atoms with Gasteiger partial charge in [0, 0.05) is 11.6 Å². The summed E-state index contributed by atoms with van der Waals surface area (Å²) in [5.74, 6) is -0.0502. The molecule has 4 heteroatoms. The minimum Gasteiger partial charge on any atom is -0.478 e. The smallest absolute Gasteiger partial charge is 0.339 e. The summed E-state index contributed by atoms with van der Waals surface area (Å²) in [6.45, 7) is 1.82. The standard InChI is InChI=1S/C17H13NO3/c1-11-5-4-7-13(17(19)20)16(11)21-15-9-10-18-14-8-3-2-6-12(14)15/h2-10H,1H3,(H,19,20). The van der Waals surface area contributed by atoms with Crippen molar-refractivity contribution in [3.8, 4) is 11.5 Å². The Morgan fingerprint density at radius 2 is 1.90 bits per heavy atom. The van der Waals surface area contributed by atoms with Gasteiger partial charge in [0.25, 0.3) is 0 Å². The highest BCUT2D eigenvalue weighted by molar-refractivity contribution is 5.92. The first-order valence-electron chi connectivity index (χ1n) is 6.51. The number of fused-ring (bicyclic) bond motifs is 1. The zero-order valence-electron chi connectivity index (χ0n) is 11.4. The second-order valence-electron chi connectivity index (χ2n) is 4.69. The molecule has 3 rings (SSSR count). The van der Waals surface area contributed by atoms with Gasteiger partial charge in [-0.25, -0.2) is 4.79 Å². The van der Waals surface area contributed by atoms with E-state index in [0.717, 1.165) is 16.5 Å². The molecule has 0 unspecified atom stereocenters. The maximum Gasteiger partial charge on any atom is 0.339 e. The summed E-state index contributed by atoms with van der Waals surface area (Å²) >= 11 is 0. The summed E-state index contributed by atoms with van der Waals surface area (Å²) in [4.78, 5) is 15.6. The Labute approximate surface area is 121 Å². The maximum atomic E-state index is 11.3. The summed E-state index contributed by atoms with van der Waals surface area (Å²) in [5, 5.41) is 10.1. The lowest BCUT2D eigenvalue weighted by molar-refractivity contribution is 0.0694. The maximum absolute atomic E-state index is 11.3. The van der Waals surface area contributed by atoms with Gasteiger partial charge in [-0.05, 0) is 36.8 Å². The molecule has 1 aromatic heterocycles. The highest BCUT2D eigenvalue weighted by atomic mass is 16.5. The van der Waals surface area contributed by atoms with Crippen LogP contribution in [0.5, 0.6) is 11.5 Å². The zero-order valence-corrected chi connectivity index (χ0v) is 11.4. The minimum absolute atomic E-state index is 0.149. The fraction of sp³-hybridized carbons (Fsp3) is 0.0588. The van der Waals surface area contributed by atoms with Gasteiger partial charge in [-0.1, -0.05) is 24.3 Å². The van der Waals surface area contributed by atoms with Crippen molar-refractivity contribution in [1.82, 2.24) is 4.98 Å². The molecular weight excluding hydrogens is 266 g/mol. The fourth-order valence-electron chi connectivity index (χ4n) is 2.22. The van der Waals surface area contributed by atoms with Crippen LogP contribution in [0.25, 0.3) is 10.9 Å². The van der Waals surface area contributed by atoms with Crippen molar-refractivity contribution >= 4 is 16.9 Å². The van der Waals surface area contributed by atoms with Crippen molar-refractivity contribution in [3.05, 3.63) is 65.9 Å². The third-order valence-electron chi connectivity index (χ3n) is 3.26. The fourth-order valence-corrected chi connectivity index (χ4v) is 2.22. The number of para-hydroxylation sites is 2. The number of carboxylic acid groups (broad SMARTS) is 1. The van der Waals surface area contributed by atoms with Gasteiger partial charge in [0.15, 0.2) is 0 Å². The van der Waals surface area contributed by atoms with E-state index in [2.05, 4.69) is 4.98 Å². The molecule has 1 N–H and O–H groups in total. The molecule has 0 amide bonds. The van der Waals surface area contributed by atoms with Gasteiger partial charge in [0.2, 0.25) is 0 Å². The van der Waals surface area contributed by atoms with Crippen LogP contribution in [0.4, 0.5) is 0 Å². The van der Waals surface area contributed by atoms with E-state index in [1.807, 2.05) is 37.3 Å². The molecule has 0 radical (unpaired) electrons. The molecule has 3 aromatic rings. The summed E-state index contributed by atoms with van der Waals surface area (Å²) in [6, 6.07) is 14.4.